The number of carbonyl (C=O) groups excluding carboxylic acids is 1. The number of amides is 1. The van der Waals surface area contributed by atoms with E-state index in [0.29, 0.717) is 18.4 Å². The molecule has 1 amide bonds. The average Bonchev–Trinajstić information content (AvgIpc) is 2.14. The van der Waals surface area contributed by atoms with E-state index in [0.717, 1.165) is 19.5 Å². The third kappa shape index (κ3) is 8.43. The Labute approximate surface area is 94.2 Å². The first-order chi connectivity index (χ1) is 6.93. The molecule has 0 aliphatic rings. The van der Waals surface area contributed by atoms with Crippen LogP contribution < -0.4 is 5.32 Å². The van der Waals surface area contributed by atoms with Crippen molar-refractivity contribution in [2.75, 3.05) is 20.1 Å². The number of rotatable bonds is 7. The Morgan fingerprint density at radius 2 is 1.87 bits per heavy atom. The van der Waals surface area contributed by atoms with Gasteiger partial charge >= 0.3 is 0 Å². The minimum absolute atomic E-state index is 0.181. The third-order valence-corrected chi connectivity index (χ3v) is 2.62. The van der Waals surface area contributed by atoms with Crippen molar-refractivity contribution in [1.29, 1.82) is 0 Å². The fraction of sp³-hybridized carbons (Fsp3) is 0.917. The lowest BCUT2D eigenvalue weighted by Crippen LogP contribution is -2.36. The fourth-order valence-corrected chi connectivity index (χ4v) is 1.14. The molecule has 0 radical (unpaired) electrons. The topological polar surface area (TPSA) is 32.3 Å². The lowest BCUT2D eigenvalue weighted by atomic mass is 10.1. The van der Waals surface area contributed by atoms with Crippen molar-refractivity contribution in [3.63, 3.8) is 0 Å². The molecule has 0 rings (SSSR count). The van der Waals surface area contributed by atoms with Gasteiger partial charge in [-0.05, 0) is 33.2 Å². The maximum atomic E-state index is 11.4. The first kappa shape index (κ1) is 14.4. The summed E-state index contributed by atoms with van der Waals surface area (Å²) in [6.07, 6.45) is 1.63. The summed E-state index contributed by atoms with van der Waals surface area (Å²) in [6.45, 7) is 10.3. The predicted molar refractivity (Wildman–Crippen MR) is 64.8 cm³/mol. The van der Waals surface area contributed by atoms with Crippen LogP contribution in [0.15, 0.2) is 0 Å². The van der Waals surface area contributed by atoms with Crippen molar-refractivity contribution < 1.29 is 4.79 Å². The molecule has 15 heavy (non-hydrogen) atoms. The molecule has 0 fully saturated rings. The smallest absolute Gasteiger partial charge is 0.220 e. The van der Waals surface area contributed by atoms with E-state index in [2.05, 4.69) is 45.0 Å². The molecule has 0 aliphatic heterocycles. The van der Waals surface area contributed by atoms with E-state index in [9.17, 15) is 4.79 Å². The molecule has 0 unspecified atom stereocenters. The zero-order valence-corrected chi connectivity index (χ0v) is 10.8. The quantitative estimate of drug-likeness (QED) is 0.702. The van der Waals surface area contributed by atoms with Crippen LogP contribution in [0.2, 0.25) is 0 Å². The highest BCUT2D eigenvalue weighted by Crippen LogP contribution is 2.02. The van der Waals surface area contributed by atoms with E-state index < -0.39 is 0 Å². The van der Waals surface area contributed by atoms with E-state index in [1.807, 2.05) is 0 Å². The van der Waals surface area contributed by atoms with Gasteiger partial charge < -0.3 is 10.2 Å². The van der Waals surface area contributed by atoms with Gasteiger partial charge in [0.2, 0.25) is 5.91 Å². The lowest BCUT2D eigenvalue weighted by molar-refractivity contribution is -0.121. The molecule has 3 nitrogen and oxygen atoms in total. The standard InChI is InChI=1S/C12H26N2O/c1-10(2)6-7-12(15)13-8-9-14(5)11(3)4/h10-11H,6-9H2,1-5H3,(H,13,15). The van der Waals surface area contributed by atoms with Crippen molar-refractivity contribution >= 4 is 5.91 Å². The molecule has 0 bridgehead atoms. The van der Waals surface area contributed by atoms with Crippen LogP contribution >= 0.6 is 0 Å². The number of nitrogens with one attached hydrogen (secondary N) is 1. The van der Waals surface area contributed by atoms with Crippen LogP contribution in [0.25, 0.3) is 0 Å². The fourth-order valence-electron chi connectivity index (χ4n) is 1.14. The minimum atomic E-state index is 0.181. The molecule has 0 aromatic heterocycles. The Balaban J connectivity index is 3.47. The Hall–Kier alpha value is -0.570. The van der Waals surface area contributed by atoms with Crippen molar-refractivity contribution in [1.82, 2.24) is 10.2 Å². The van der Waals surface area contributed by atoms with Gasteiger partial charge in [0.25, 0.3) is 0 Å². The molecule has 0 atom stereocenters. The first-order valence-corrected chi connectivity index (χ1v) is 5.90. The summed E-state index contributed by atoms with van der Waals surface area (Å²) >= 11 is 0. The molecule has 0 saturated heterocycles. The molecule has 0 spiro atoms. The monoisotopic (exact) mass is 214 g/mol. The Bertz CT molecular complexity index is 178. The Kier molecular flexibility index (Phi) is 7.39. The Morgan fingerprint density at radius 1 is 1.27 bits per heavy atom. The summed E-state index contributed by atoms with van der Waals surface area (Å²) in [4.78, 5) is 13.6. The van der Waals surface area contributed by atoms with Crippen LogP contribution in [-0.2, 0) is 4.79 Å². The molecule has 0 saturated carbocycles. The zero-order valence-electron chi connectivity index (χ0n) is 10.8. The van der Waals surface area contributed by atoms with Crippen LogP contribution in [0.4, 0.5) is 0 Å². The summed E-state index contributed by atoms with van der Waals surface area (Å²) in [5.41, 5.74) is 0. The number of likely N-dealkylation sites (N-methyl/N-ethyl adjacent to an activating group) is 1. The third-order valence-electron chi connectivity index (χ3n) is 2.62. The van der Waals surface area contributed by atoms with Gasteiger partial charge in [0.05, 0.1) is 0 Å². The number of carbonyl (C=O) groups is 1. The van der Waals surface area contributed by atoms with Gasteiger partial charge in [-0.3, -0.25) is 4.79 Å². The van der Waals surface area contributed by atoms with Gasteiger partial charge in [-0.1, -0.05) is 13.8 Å². The molecule has 0 aromatic rings. The summed E-state index contributed by atoms with van der Waals surface area (Å²) in [5.74, 6) is 0.787. The summed E-state index contributed by atoms with van der Waals surface area (Å²) < 4.78 is 0. The van der Waals surface area contributed by atoms with Gasteiger partial charge in [0.1, 0.15) is 0 Å². The van der Waals surface area contributed by atoms with E-state index in [1.165, 1.54) is 0 Å². The van der Waals surface area contributed by atoms with E-state index in [-0.39, 0.29) is 5.91 Å². The van der Waals surface area contributed by atoms with E-state index in [4.69, 9.17) is 0 Å². The second-order valence-electron chi connectivity index (χ2n) is 4.86. The molecule has 0 heterocycles. The second kappa shape index (κ2) is 7.69. The highest BCUT2D eigenvalue weighted by molar-refractivity contribution is 5.75. The Morgan fingerprint density at radius 3 is 2.33 bits per heavy atom. The predicted octanol–water partition coefficient (Wildman–Crippen LogP) is 1.88. The van der Waals surface area contributed by atoms with E-state index in [1.54, 1.807) is 0 Å². The maximum Gasteiger partial charge on any atom is 0.220 e. The van der Waals surface area contributed by atoms with E-state index >= 15 is 0 Å². The SMILES string of the molecule is CC(C)CCC(=O)NCCN(C)C(C)C. The summed E-state index contributed by atoms with van der Waals surface area (Å²) in [7, 11) is 2.07. The highest BCUT2D eigenvalue weighted by Gasteiger charge is 2.05. The van der Waals surface area contributed by atoms with Gasteiger partial charge in [-0.25, -0.2) is 0 Å². The largest absolute Gasteiger partial charge is 0.355 e. The van der Waals surface area contributed by atoms with Crippen molar-refractivity contribution in [3.8, 4) is 0 Å². The highest BCUT2D eigenvalue weighted by atomic mass is 16.1. The summed E-state index contributed by atoms with van der Waals surface area (Å²) in [6, 6.07) is 0.539. The lowest BCUT2D eigenvalue weighted by Gasteiger charge is -2.20. The maximum absolute atomic E-state index is 11.4. The number of hydrogen-bond acceptors (Lipinski definition) is 2. The molecule has 90 valence electrons. The molecule has 0 aliphatic carbocycles. The number of hydrogen-bond donors (Lipinski definition) is 1. The molecular weight excluding hydrogens is 188 g/mol. The molecular formula is C12H26N2O. The average molecular weight is 214 g/mol. The van der Waals surface area contributed by atoms with Crippen LogP contribution in [-0.4, -0.2) is 37.0 Å². The van der Waals surface area contributed by atoms with Crippen LogP contribution in [0.3, 0.4) is 0 Å². The second-order valence-corrected chi connectivity index (χ2v) is 4.86. The molecule has 3 heteroatoms. The normalized spacial score (nSPS) is 11.5. The van der Waals surface area contributed by atoms with Crippen LogP contribution in [0.1, 0.15) is 40.5 Å². The molecule has 1 N–H and O–H groups in total. The van der Waals surface area contributed by atoms with Gasteiger partial charge in [0, 0.05) is 25.6 Å². The minimum Gasteiger partial charge on any atom is -0.355 e. The van der Waals surface area contributed by atoms with Gasteiger partial charge in [-0.2, -0.15) is 0 Å². The van der Waals surface area contributed by atoms with Crippen molar-refractivity contribution in [2.45, 2.75) is 46.6 Å². The molecule has 0 aromatic carbocycles. The van der Waals surface area contributed by atoms with Crippen LogP contribution in [0.5, 0.6) is 0 Å². The van der Waals surface area contributed by atoms with Crippen molar-refractivity contribution in [3.05, 3.63) is 0 Å². The van der Waals surface area contributed by atoms with Gasteiger partial charge in [-0.15, -0.1) is 0 Å². The van der Waals surface area contributed by atoms with Gasteiger partial charge in [0.15, 0.2) is 0 Å². The summed E-state index contributed by atoms with van der Waals surface area (Å²) in [5, 5.41) is 2.94. The number of nitrogens with zero attached hydrogens (tertiary/aromatic N) is 1. The van der Waals surface area contributed by atoms with Crippen LogP contribution in [0, 0.1) is 5.92 Å². The van der Waals surface area contributed by atoms with Crippen molar-refractivity contribution in [2.24, 2.45) is 5.92 Å². The first-order valence-electron chi connectivity index (χ1n) is 5.90. The zero-order chi connectivity index (χ0) is 11.8.